The molecule has 2 aliphatic heterocycles. The highest BCUT2D eigenvalue weighted by Crippen LogP contribution is 2.25. The van der Waals surface area contributed by atoms with Crippen LogP contribution in [0.2, 0.25) is 0 Å². The van der Waals surface area contributed by atoms with Crippen LogP contribution in [0.1, 0.15) is 18.4 Å². The van der Waals surface area contributed by atoms with E-state index in [2.05, 4.69) is 17.1 Å². The van der Waals surface area contributed by atoms with Gasteiger partial charge >= 0.3 is 0 Å². The van der Waals surface area contributed by atoms with Gasteiger partial charge in [-0.1, -0.05) is 42.5 Å². The average Bonchev–Trinajstić information content (AvgIpc) is 3.13. The third kappa shape index (κ3) is 4.76. The monoisotopic (exact) mass is 439 g/mol. The molecule has 2 heterocycles. The first-order chi connectivity index (χ1) is 14.9. The summed E-state index contributed by atoms with van der Waals surface area (Å²) in [5, 5.41) is 0. The molecule has 2 saturated heterocycles. The van der Waals surface area contributed by atoms with E-state index in [9.17, 15) is 18.0 Å². The van der Waals surface area contributed by atoms with E-state index in [0.717, 1.165) is 17.0 Å². The Morgan fingerprint density at radius 2 is 1.42 bits per heavy atom. The topological polar surface area (TPSA) is 78.0 Å². The van der Waals surface area contributed by atoms with Crippen LogP contribution in [0, 0.1) is 0 Å². The van der Waals surface area contributed by atoms with E-state index in [4.69, 9.17) is 0 Å². The summed E-state index contributed by atoms with van der Waals surface area (Å²) >= 11 is 0. The van der Waals surface area contributed by atoms with Gasteiger partial charge in [-0.2, -0.15) is 4.31 Å². The molecule has 0 aliphatic carbocycles. The third-order valence-corrected chi connectivity index (χ3v) is 7.50. The van der Waals surface area contributed by atoms with Gasteiger partial charge in [0.25, 0.3) is 0 Å². The Morgan fingerprint density at radius 1 is 0.806 bits per heavy atom. The molecular weight excluding hydrogens is 414 g/mol. The summed E-state index contributed by atoms with van der Waals surface area (Å²) in [6, 6.07) is 16.1. The number of benzene rings is 2. The van der Waals surface area contributed by atoms with Gasteiger partial charge in [0, 0.05) is 45.6 Å². The predicted molar refractivity (Wildman–Crippen MR) is 119 cm³/mol. The van der Waals surface area contributed by atoms with Gasteiger partial charge in [-0.15, -0.1) is 0 Å². The van der Waals surface area contributed by atoms with Gasteiger partial charge in [0.1, 0.15) is 0 Å². The fourth-order valence-corrected chi connectivity index (χ4v) is 5.26. The summed E-state index contributed by atoms with van der Waals surface area (Å²) < 4.78 is 27.5. The molecule has 0 unspecified atom stereocenters. The van der Waals surface area contributed by atoms with E-state index >= 15 is 0 Å². The van der Waals surface area contributed by atoms with Crippen LogP contribution in [0.4, 0.5) is 5.69 Å². The van der Waals surface area contributed by atoms with Crippen LogP contribution in [-0.4, -0.2) is 62.2 Å². The summed E-state index contributed by atoms with van der Waals surface area (Å²) in [4.78, 5) is 27.3. The molecule has 4 rings (SSSR count). The predicted octanol–water partition coefficient (Wildman–Crippen LogP) is 2.36. The van der Waals surface area contributed by atoms with E-state index in [-0.39, 0.29) is 29.6 Å². The molecule has 0 aromatic heterocycles. The molecule has 0 radical (unpaired) electrons. The summed E-state index contributed by atoms with van der Waals surface area (Å²) in [5.41, 5.74) is 1.56. The largest absolute Gasteiger partial charge is 0.297 e. The van der Waals surface area contributed by atoms with Gasteiger partial charge in [0.15, 0.2) is 0 Å². The Labute approximate surface area is 182 Å². The number of hydrogen-bond acceptors (Lipinski definition) is 5. The molecule has 0 saturated carbocycles. The molecule has 0 N–H and O–H groups in total. The lowest BCUT2D eigenvalue weighted by Gasteiger charge is -2.33. The van der Waals surface area contributed by atoms with Crippen LogP contribution in [0.3, 0.4) is 0 Å². The van der Waals surface area contributed by atoms with Crippen molar-refractivity contribution in [3.63, 3.8) is 0 Å². The fourth-order valence-electron chi connectivity index (χ4n) is 3.84. The van der Waals surface area contributed by atoms with Crippen LogP contribution in [-0.2, 0) is 19.6 Å². The van der Waals surface area contributed by atoms with Crippen molar-refractivity contribution in [2.45, 2.75) is 17.7 Å². The Balaban J connectivity index is 1.35. The van der Waals surface area contributed by atoms with Crippen molar-refractivity contribution < 1.29 is 18.0 Å². The Bertz CT molecular complexity index is 1060. The zero-order valence-electron chi connectivity index (χ0n) is 17.2. The molecule has 2 aliphatic rings. The minimum Gasteiger partial charge on any atom is -0.297 e. The van der Waals surface area contributed by atoms with E-state index in [1.165, 1.54) is 28.6 Å². The number of anilines is 1. The van der Waals surface area contributed by atoms with Crippen LogP contribution < -0.4 is 4.90 Å². The van der Waals surface area contributed by atoms with Crippen LogP contribution in [0.15, 0.2) is 65.6 Å². The molecule has 2 aromatic rings. The molecule has 2 amide bonds. The Morgan fingerprint density at radius 3 is 2.03 bits per heavy atom. The lowest BCUT2D eigenvalue weighted by atomic mass is 10.2. The number of amides is 2. The first kappa shape index (κ1) is 21.4. The SMILES string of the molecule is O=C1CCC(=O)N1c1ccc(S(=O)(=O)N2CCN(C/C=C/c3ccccc3)CC2)cc1. The summed E-state index contributed by atoms with van der Waals surface area (Å²) in [6.45, 7) is 2.94. The van der Waals surface area contributed by atoms with Crippen molar-refractivity contribution in [3.05, 3.63) is 66.2 Å². The molecule has 0 spiro atoms. The number of piperazine rings is 1. The number of hydrogen-bond donors (Lipinski definition) is 0. The van der Waals surface area contributed by atoms with E-state index in [1.807, 2.05) is 30.3 Å². The third-order valence-electron chi connectivity index (χ3n) is 5.59. The van der Waals surface area contributed by atoms with E-state index < -0.39 is 10.0 Å². The highest BCUT2D eigenvalue weighted by Gasteiger charge is 2.31. The molecule has 2 fully saturated rings. The van der Waals surface area contributed by atoms with Crippen molar-refractivity contribution in [1.82, 2.24) is 9.21 Å². The molecule has 0 atom stereocenters. The van der Waals surface area contributed by atoms with Gasteiger partial charge in [-0.05, 0) is 29.8 Å². The standard InChI is InChI=1S/C23H25N3O4S/c27-22-12-13-23(28)26(22)20-8-10-21(11-9-20)31(29,30)25-17-15-24(16-18-25)14-4-7-19-5-2-1-3-6-19/h1-11H,12-18H2/b7-4+. The van der Waals surface area contributed by atoms with Crippen molar-refractivity contribution in [3.8, 4) is 0 Å². The normalized spacial score (nSPS) is 18.9. The smallest absolute Gasteiger partial charge is 0.243 e. The van der Waals surface area contributed by atoms with Crippen molar-refractivity contribution in [1.29, 1.82) is 0 Å². The summed E-state index contributed by atoms with van der Waals surface area (Å²) in [7, 11) is -3.62. The molecule has 162 valence electrons. The van der Waals surface area contributed by atoms with E-state index in [0.29, 0.717) is 31.9 Å². The zero-order valence-corrected chi connectivity index (χ0v) is 18.0. The van der Waals surface area contributed by atoms with Crippen LogP contribution >= 0.6 is 0 Å². The van der Waals surface area contributed by atoms with Gasteiger partial charge in [-0.3, -0.25) is 19.4 Å². The first-order valence-corrected chi connectivity index (χ1v) is 11.8. The Kier molecular flexibility index (Phi) is 6.31. The molecular formula is C23H25N3O4S. The fraction of sp³-hybridized carbons (Fsp3) is 0.304. The van der Waals surface area contributed by atoms with Crippen molar-refractivity contribution >= 4 is 33.6 Å². The van der Waals surface area contributed by atoms with Gasteiger partial charge in [-0.25, -0.2) is 8.42 Å². The Hall–Kier alpha value is -2.81. The van der Waals surface area contributed by atoms with Gasteiger partial charge in [0.2, 0.25) is 21.8 Å². The zero-order chi connectivity index (χ0) is 21.8. The highest BCUT2D eigenvalue weighted by molar-refractivity contribution is 7.89. The number of nitrogens with zero attached hydrogens (tertiary/aromatic N) is 3. The quantitative estimate of drug-likeness (QED) is 0.646. The van der Waals surface area contributed by atoms with Crippen LogP contribution in [0.25, 0.3) is 6.08 Å². The number of imide groups is 1. The maximum absolute atomic E-state index is 13.0. The van der Waals surface area contributed by atoms with Crippen LogP contribution in [0.5, 0.6) is 0 Å². The lowest BCUT2D eigenvalue weighted by Crippen LogP contribution is -2.48. The van der Waals surface area contributed by atoms with Crippen molar-refractivity contribution in [2.75, 3.05) is 37.6 Å². The lowest BCUT2D eigenvalue weighted by molar-refractivity contribution is -0.121. The second-order valence-electron chi connectivity index (χ2n) is 7.63. The number of sulfonamides is 1. The second-order valence-corrected chi connectivity index (χ2v) is 9.57. The molecule has 2 aromatic carbocycles. The average molecular weight is 440 g/mol. The number of carbonyl (C=O) groups excluding carboxylic acids is 2. The molecule has 7 nitrogen and oxygen atoms in total. The minimum atomic E-state index is -3.62. The maximum atomic E-state index is 13.0. The summed E-state index contributed by atoms with van der Waals surface area (Å²) in [5.74, 6) is -0.504. The van der Waals surface area contributed by atoms with Gasteiger partial charge in [0.05, 0.1) is 10.6 Å². The minimum absolute atomic E-state index is 0.174. The van der Waals surface area contributed by atoms with E-state index in [1.54, 1.807) is 0 Å². The number of rotatable bonds is 6. The molecule has 8 heteroatoms. The van der Waals surface area contributed by atoms with Gasteiger partial charge < -0.3 is 0 Å². The molecule has 31 heavy (non-hydrogen) atoms. The summed E-state index contributed by atoms with van der Waals surface area (Å²) in [6.07, 6.45) is 4.56. The highest BCUT2D eigenvalue weighted by atomic mass is 32.2. The molecule has 0 bridgehead atoms. The second kappa shape index (κ2) is 9.13. The first-order valence-electron chi connectivity index (χ1n) is 10.3. The van der Waals surface area contributed by atoms with Crippen molar-refractivity contribution in [2.24, 2.45) is 0 Å². The number of carbonyl (C=O) groups is 2. The maximum Gasteiger partial charge on any atom is 0.243 e.